The zero-order valence-electron chi connectivity index (χ0n) is 9.50. The molecular formula is C11H10BrN3O3. The van der Waals surface area contributed by atoms with E-state index in [0.29, 0.717) is 11.0 Å². The molecule has 0 aliphatic rings. The highest BCUT2D eigenvalue weighted by atomic mass is 79.9. The first-order valence-corrected chi connectivity index (χ1v) is 5.88. The average molecular weight is 312 g/mol. The standard InChI is InChI=1S/C11H10BrN3O3/c1-14-6-13-15(11(14)18)5-8-3-2-7(10(16)17)4-9(8)12/h2-4,6H,5H2,1H3,(H,16,17). The van der Waals surface area contributed by atoms with E-state index in [1.165, 1.54) is 27.7 Å². The van der Waals surface area contributed by atoms with Crippen molar-refractivity contribution in [3.05, 3.63) is 50.6 Å². The number of rotatable bonds is 3. The molecule has 1 N–H and O–H groups in total. The van der Waals surface area contributed by atoms with Crippen molar-refractivity contribution in [1.82, 2.24) is 14.3 Å². The summed E-state index contributed by atoms with van der Waals surface area (Å²) in [6.07, 6.45) is 1.43. The van der Waals surface area contributed by atoms with Crippen molar-refractivity contribution in [2.75, 3.05) is 0 Å². The van der Waals surface area contributed by atoms with Crippen LogP contribution in [0.4, 0.5) is 0 Å². The van der Waals surface area contributed by atoms with Gasteiger partial charge in [0.15, 0.2) is 0 Å². The summed E-state index contributed by atoms with van der Waals surface area (Å²) in [6.45, 7) is 0.292. The van der Waals surface area contributed by atoms with E-state index < -0.39 is 5.97 Å². The molecule has 0 aliphatic carbocycles. The van der Waals surface area contributed by atoms with Gasteiger partial charge in [0.05, 0.1) is 12.1 Å². The van der Waals surface area contributed by atoms with Crippen molar-refractivity contribution in [1.29, 1.82) is 0 Å². The van der Waals surface area contributed by atoms with Crippen LogP contribution in [0.25, 0.3) is 0 Å². The van der Waals surface area contributed by atoms with E-state index >= 15 is 0 Å². The van der Waals surface area contributed by atoms with Crippen molar-refractivity contribution in [2.45, 2.75) is 6.54 Å². The fourth-order valence-corrected chi connectivity index (χ4v) is 2.00. The Labute approximate surface area is 111 Å². The molecular weight excluding hydrogens is 302 g/mol. The lowest BCUT2D eigenvalue weighted by molar-refractivity contribution is 0.0697. The molecule has 0 fully saturated rings. The summed E-state index contributed by atoms with van der Waals surface area (Å²) >= 11 is 3.29. The van der Waals surface area contributed by atoms with Crippen LogP contribution >= 0.6 is 15.9 Å². The lowest BCUT2D eigenvalue weighted by atomic mass is 10.1. The van der Waals surface area contributed by atoms with Crippen LogP contribution in [0.1, 0.15) is 15.9 Å². The Morgan fingerprint density at radius 2 is 2.22 bits per heavy atom. The predicted molar refractivity (Wildman–Crippen MR) is 67.7 cm³/mol. The third-order valence-corrected chi connectivity index (χ3v) is 3.25. The Balaban J connectivity index is 2.33. The van der Waals surface area contributed by atoms with Gasteiger partial charge in [0.2, 0.25) is 0 Å². The average Bonchev–Trinajstić information content (AvgIpc) is 2.63. The van der Waals surface area contributed by atoms with Crippen molar-refractivity contribution < 1.29 is 9.90 Å². The molecule has 1 heterocycles. The van der Waals surface area contributed by atoms with Gasteiger partial charge in [-0.05, 0) is 17.7 Å². The third kappa shape index (κ3) is 2.35. The molecule has 7 heteroatoms. The van der Waals surface area contributed by atoms with Crippen LogP contribution in [-0.2, 0) is 13.6 Å². The molecule has 2 aromatic rings. The Morgan fingerprint density at radius 3 is 2.72 bits per heavy atom. The third-order valence-electron chi connectivity index (χ3n) is 2.51. The lowest BCUT2D eigenvalue weighted by Crippen LogP contribution is -2.23. The van der Waals surface area contributed by atoms with Crippen LogP contribution in [0.5, 0.6) is 0 Å². The number of carboxylic acid groups (broad SMARTS) is 1. The molecule has 0 bridgehead atoms. The molecule has 0 unspecified atom stereocenters. The van der Waals surface area contributed by atoms with Gasteiger partial charge in [0.1, 0.15) is 6.33 Å². The highest BCUT2D eigenvalue weighted by Gasteiger charge is 2.09. The molecule has 1 aromatic carbocycles. The van der Waals surface area contributed by atoms with Crippen LogP contribution in [0.15, 0.2) is 33.8 Å². The first-order valence-electron chi connectivity index (χ1n) is 5.09. The summed E-state index contributed by atoms with van der Waals surface area (Å²) in [5, 5.41) is 12.8. The summed E-state index contributed by atoms with van der Waals surface area (Å²) < 4.78 is 3.32. The smallest absolute Gasteiger partial charge is 0.345 e. The van der Waals surface area contributed by atoms with Crippen LogP contribution in [0.2, 0.25) is 0 Å². The van der Waals surface area contributed by atoms with Gasteiger partial charge < -0.3 is 5.11 Å². The Morgan fingerprint density at radius 1 is 1.50 bits per heavy atom. The summed E-state index contributed by atoms with van der Waals surface area (Å²) in [5.74, 6) is -0.989. The normalized spacial score (nSPS) is 10.6. The fourth-order valence-electron chi connectivity index (χ4n) is 1.50. The van der Waals surface area contributed by atoms with Crippen molar-refractivity contribution in [3.63, 3.8) is 0 Å². The van der Waals surface area contributed by atoms with Gasteiger partial charge in [0, 0.05) is 11.5 Å². The maximum Gasteiger partial charge on any atom is 0.345 e. The summed E-state index contributed by atoms with van der Waals surface area (Å²) in [4.78, 5) is 22.4. The van der Waals surface area contributed by atoms with E-state index in [-0.39, 0.29) is 11.3 Å². The first-order chi connectivity index (χ1) is 8.49. The van der Waals surface area contributed by atoms with Crippen LogP contribution < -0.4 is 5.69 Å². The zero-order chi connectivity index (χ0) is 13.3. The second kappa shape index (κ2) is 4.77. The minimum atomic E-state index is -0.989. The molecule has 0 spiro atoms. The number of hydrogen-bond donors (Lipinski definition) is 1. The molecule has 0 atom stereocenters. The van der Waals surface area contributed by atoms with Gasteiger partial charge >= 0.3 is 11.7 Å². The second-order valence-corrected chi connectivity index (χ2v) is 4.65. The molecule has 6 nitrogen and oxygen atoms in total. The second-order valence-electron chi connectivity index (χ2n) is 3.79. The zero-order valence-corrected chi connectivity index (χ0v) is 11.1. The van der Waals surface area contributed by atoms with Crippen LogP contribution in [0, 0.1) is 0 Å². The summed E-state index contributed by atoms with van der Waals surface area (Å²) in [5.41, 5.74) is 0.768. The van der Waals surface area contributed by atoms with Crippen molar-refractivity contribution in [2.24, 2.45) is 7.05 Å². The number of aromatic carboxylic acids is 1. The number of halogens is 1. The number of hydrogen-bond acceptors (Lipinski definition) is 3. The fraction of sp³-hybridized carbons (Fsp3) is 0.182. The van der Waals surface area contributed by atoms with Crippen LogP contribution in [0.3, 0.4) is 0 Å². The Kier molecular flexibility index (Phi) is 3.33. The molecule has 18 heavy (non-hydrogen) atoms. The molecule has 0 saturated heterocycles. The Hall–Kier alpha value is -1.89. The number of carbonyl (C=O) groups is 1. The van der Waals surface area contributed by atoms with E-state index in [1.54, 1.807) is 13.1 Å². The largest absolute Gasteiger partial charge is 0.478 e. The molecule has 1 aromatic heterocycles. The first kappa shape index (κ1) is 12.6. The van der Waals surface area contributed by atoms with E-state index in [4.69, 9.17) is 5.11 Å². The highest BCUT2D eigenvalue weighted by molar-refractivity contribution is 9.10. The molecule has 94 valence electrons. The van der Waals surface area contributed by atoms with Crippen LogP contribution in [-0.4, -0.2) is 25.4 Å². The minimum absolute atomic E-state index is 0.194. The predicted octanol–water partition coefficient (Wildman–Crippen LogP) is 1.09. The number of aromatic nitrogens is 3. The molecule has 0 amide bonds. The lowest BCUT2D eigenvalue weighted by Gasteiger charge is -2.05. The molecule has 0 saturated carbocycles. The van der Waals surface area contributed by atoms with E-state index in [1.807, 2.05) is 0 Å². The van der Waals surface area contributed by atoms with E-state index in [2.05, 4.69) is 21.0 Å². The van der Waals surface area contributed by atoms with Crippen molar-refractivity contribution in [3.8, 4) is 0 Å². The minimum Gasteiger partial charge on any atom is -0.478 e. The van der Waals surface area contributed by atoms with E-state index in [0.717, 1.165) is 5.56 Å². The molecule has 0 aliphatic heterocycles. The van der Waals surface area contributed by atoms with Gasteiger partial charge in [0.25, 0.3) is 0 Å². The van der Waals surface area contributed by atoms with Gasteiger partial charge in [-0.25, -0.2) is 14.3 Å². The van der Waals surface area contributed by atoms with E-state index in [9.17, 15) is 9.59 Å². The maximum atomic E-state index is 11.6. The van der Waals surface area contributed by atoms with Gasteiger partial charge in [-0.1, -0.05) is 22.0 Å². The summed E-state index contributed by atoms with van der Waals surface area (Å²) in [7, 11) is 1.62. The number of aryl methyl sites for hydroxylation is 1. The number of nitrogens with zero attached hydrogens (tertiary/aromatic N) is 3. The monoisotopic (exact) mass is 311 g/mol. The topological polar surface area (TPSA) is 77.1 Å². The maximum absolute atomic E-state index is 11.6. The number of carboxylic acids is 1. The Bertz CT molecular complexity index is 660. The van der Waals surface area contributed by atoms with Gasteiger partial charge in [-0.3, -0.25) is 4.57 Å². The van der Waals surface area contributed by atoms with Gasteiger partial charge in [-0.2, -0.15) is 5.10 Å². The molecule has 0 radical (unpaired) electrons. The summed E-state index contributed by atoms with van der Waals surface area (Å²) in [6, 6.07) is 4.66. The van der Waals surface area contributed by atoms with Gasteiger partial charge in [-0.15, -0.1) is 0 Å². The van der Waals surface area contributed by atoms with Crippen molar-refractivity contribution >= 4 is 21.9 Å². The SMILES string of the molecule is Cn1cnn(Cc2ccc(C(=O)O)cc2Br)c1=O. The number of benzene rings is 1. The quantitative estimate of drug-likeness (QED) is 0.920. The molecule has 2 rings (SSSR count). The highest BCUT2D eigenvalue weighted by Crippen LogP contribution is 2.19.